The second kappa shape index (κ2) is 7.81. The van der Waals surface area contributed by atoms with Gasteiger partial charge in [0.1, 0.15) is 5.82 Å². The van der Waals surface area contributed by atoms with Crippen LogP contribution in [0.15, 0.2) is 12.1 Å². The van der Waals surface area contributed by atoms with Crippen LogP contribution >= 0.6 is 23.2 Å². The van der Waals surface area contributed by atoms with Crippen LogP contribution in [0.5, 0.6) is 0 Å². The second-order valence-electron chi connectivity index (χ2n) is 4.54. The average molecular weight is 321 g/mol. The Kier molecular flexibility index (Phi) is 6.72. The molecule has 3 nitrogen and oxygen atoms in total. The minimum absolute atomic E-state index is 0.0274. The van der Waals surface area contributed by atoms with Crippen molar-refractivity contribution in [2.24, 2.45) is 0 Å². The van der Waals surface area contributed by atoms with Gasteiger partial charge in [-0.25, -0.2) is 4.39 Å². The number of carbonyl (C=O) groups excluding carboxylic acids is 1. The van der Waals surface area contributed by atoms with Crippen molar-refractivity contribution in [1.29, 1.82) is 0 Å². The zero-order valence-electron chi connectivity index (χ0n) is 11.8. The summed E-state index contributed by atoms with van der Waals surface area (Å²) in [7, 11) is 0. The molecule has 0 spiro atoms. The third kappa shape index (κ3) is 4.62. The lowest BCUT2D eigenvalue weighted by Crippen LogP contribution is -2.38. The third-order valence-corrected chi connectivity index (χ3v) is 3.76. The molecule has 1 aromatic carbocycles. The molecule has 0 radical (unpaired) electrons. The van der Waals surface area contributed by atoms with E-state index < -0.39 is 5.82 Å². The van der Waals surface area contributed by atoms with E-state index in [9.17, 15) is 9.18 Å². The van der Waals surface area contributed by atoms with Crippen molar-refractivity contribution in [2.45, 2.75) is 26.8 Å². The Hall–Kier alpha value is -0.840. The molecule has 6 heteroatoms. The number of rotatable bonds is 6. The molecule has 1 unspecified atom stereocenters. The molecule has 0 bridgehead atoms. The first-order valence-corrected chi connectivity index (χ1v) is 7.30. The van der Waals surface area contributed by atoms with Crippen molar-refractivity contribution in [1.82, 2.24) is 10.2 Å². The van der Waals surface area contributed by atoms with Gasteiger partial charge in [-0.15, -0.1) is 0 Å². The highest BCUT2D eigenvalue weighted by atomic mass is 35.5. The summed E-state index contributed by atoms with van der Waals surface area (Å²) in [5, 5.41) is 3.12. The van der Waals surface area contributed by atoms with E-state index in [1.165, 1.54) is 12.1 Å². The first kappa shape index (κ1) is 17.2. The molecule has 1 rings (SSSR count). The summed E-state index contributed by atoms with van der Waals surface area (Å²) in [6, 6.07) is 2.23. The van der Waals surface area contributed by atoms with E-state index in [1.54, 1.807) is 6.92 Å². The van der Waals surface area contributed by atoms with E-state index in [0.717, 1.165) is 13.1 Å². The predicted molar refractivity (Wildman–Crippen MR) is 80.8 cm³/mol. The van der Waals surface area contributed by atoms with Crippen molar-refractivity contribution >= 4 is 29.1 Å². The molecule has 20 heavy (non-hydrogen) atoms. The number of amides is 1. The first-order valence-electron chi connectivity index (χ1n) is 6.55. The largest absolute Gasteiger partial charge is 0.348 e. The maximum Gasteiger partial charge on any atom is 0.234 e. The summed E-state index contributed by atoms with van der Waals surface area (Å²) >= 11 is 11.7. The van der Waals surface area contributed by atoms with Crippen LogP contribution in [-0.2, 0) is 4.79 Å². The number of hydrogen-bond donors (Lipinski definition) is 1. The Labute approximate surface area is 129 Å². The Balaban J connectivity index is 2.74. The van der Waals surface area contributed by atoms with Gasteiger partial charge in [0.25, 0.3) is 0 Å². The van der Waals surface area contributed by atoms with Gasteiger partial charge in [0.2, 0.25) is 5.91 Å². The maximum absolute atomic E-state index is 13.5. The van der Waals surface area contributed by atoms with Crippen LogP contribution in [0, 0.1) is 5.82 Å². The van der Waals surface area contributed by atoms with Gasteiger partial charge in [-0.1, -0.05) is 37.0 Å². The van der Waals surface area contributed by atoms with E-state index >= 15 is 0 Å². The molecule has 1 amide bonds. The molecule has 1 aromatic rings. The molecule has 0 aliphatic rings. The predicted octanol–water partition coefficient (Wildman–Crippen LogP) is 3.65. The minimum Gasteiger partial charge on any atom is -0.348 e. The van der Waals surface area contributed by atoms with E-state index in [-0.39, 0.29) is 17.0 Å². The summed E-state index contributed by atoms with van der Waals surface area (Å²) in [6.07, 6.45) is 0. The maximum atomic E-state index is 13.5. The Morgan fingerprint density at radius 1 is 1.30 bits per heavy atom. The van der Waals surface area contributed by atoms with Crippen LogP contribution < -0.4 is 5.32 Å². The topological polar surface area (TPSA) is 32.3 Å². The van der Waals surface area contributed by atoms with Crippen molar-refractivity contribution in [3.63, 3.8) is 0 Å². The molecular weight excluding hydrogens is 302 g/mol. The fourth-order valence-electron chi connectivity index (χ4n) is 1.88. The van der Waals surface area contributed by atoms with E-state index in [0.29, 0.717) is 17.1 Å². The van der Waals surface area contributed by atoms with Gasteiger partial charge < -0.3 is 5.32 Å². The van der Waals surface area contributed by atoms with E-state index in [4.69, 9.17) is 23.2 Å². The Bertz CT molecular complexity index is 478. The Morgan fingerprint density at radius 3 is 2.45 bits per heavy atom. The van der Waals surface area contributed by atoms with Gasteiger partial charge in [-0.3, -0.25) is 9.69 Å². The van der Waals surface area contributed by atoms with E-state index in [2.05, 4.69) is 5.32 Å². The summed E-state index contributed by atoms with van der Waals surface area (Å²) in [5.74, 6) is -0.663. The van der Waals surface area contributed by atoms with Crippen molar-refractivity contribution in [3.8, 4) is 0 Å². The lowest BCUT2D eigenvalue weighted by atomic mass is 10.1. The number of benzene rings is 1. The van der Waals surface area contributed by atoms with Gasteiger partial charge in [-0.2, -0.15) is 0 Å². The van der Waals surface area contributed by atoms with Gasteiger partial charge in [0.05, 0.1) is 17.6 Å². The van der Waals surface area contributed by atoms with Gasteiger partial charge in [-0.05, 0) is 37.7 Å². The van der Waals surface area contributed by atoms with Crippen LogP contribution in [0.1, 0.15) is 32.4 Å². The molecule has 0 saturated carbocycles. The van der Waals surface area contributed by atoms with Gasteiger partial charge >= 0.3 is 0 Å². The molecule has 1 atom stereocenters. The zero-order chi connectivity index (χ0) is 15.3. The fraction of sp³-hybridized carbons (Fsp3) is 0.500. The van der Waals surface area contributed by atoms with Crippen molar-refractivity contribution in [2.75, 3.05) is 19.6 Å². The fourth-order valence-corrected chi connectivity index (χ4v) is 2.43. The first-order chi connectivity index (χ1) is 9.38. The summed E-state index contributed by atoms with van der Waals surface area (Å²) in [6.45, 7) is 7.65. The molecular formula is C14H19Cl2FN2O. The van der Waals surface area contributed by atoms with Crippen molar-refractivity contribution < 1.29 is 9.18 Å². The number of halogens is 3. The van der Waals surface area contributed by atoms with Crippen LogP contribution in [0.25, 0.3) is 0 Å². The van der Waals surface area contributed by atoms with Crippen LogP contribution in [0.4, 0.5) is 4.39 Å². The lowest BCUT2D eigenvalue weighted by Gasteiger charge is -2.20. The van der Waals surface area contributed by atoms with Crippen LogP contribution in [0.3, 0.4) is 0 Å². The van der Waals surface area contributed by atoms with E-state index in [1.807, 2.05) is 18.7 Å². The number of nitrogens with zero attached hydrogens (tertiary/aromatic N) is 1. The normalized spacial score (nSPS) is 12.6. The summed E-state index contributed by atoms with van der Waals surface area (Å²) < 4.78 is 13.5. The standard InChI is InChI=1S/C14H19Cl2FN2O/c1-4-19(5-2)8-14(20)18-9(3)10-6-13(17)12(16)7-11(10)15/h6-7,9H,4-5,8H2,1-3H3,(H,18,20). The monoisotopic (exact) mass is 320 g/mol. The highest BCUT2D eigenvalue weighted by Crippen LogP contribution is 2.28. The van der Waals surface area contributed by atoms with Crippen LogP contribution in [-0.4, -0.2) is 30.4 Å². The SMILES string of the molecule is CCN(CC)CC(=O)NC(C)c1cc(F)c(Cl)cc1Cl. The highest BCUT2D eigenvalue weighted by Gasteiger charge is 2.16. The molecule has 0 saturated heterocycles. The number of hydrogen-bond acceptors (Lipinski definition) is 2. The quantitative estimate of drug-likeness (QED) is 0.811. The smallest absolute Gasteiger partial charge is 0.234 e. The molecule has 0 aliphatic carbocycles. The number of carbonyl (C=O) groups is 1. The molecule has 1 N–H and O–H groups in total. The third-order valence-electron chi connectivity index (χ3n) is 3.15. The van der Waals surface area contributed by atoms with Crippen LogP contribution in [0.2, 0.25) is 10.0 Å². The number of nitrogens with one attached hydrogen (secondary N) is 1. The van der Waals surface area contributed by atoms with Gasteiger partial charge in [0.15, 0.2) is 0 Å². The molecule has 112 valence electrons. The number of likely N-dealkylation sites (N-methyl/N-ethyl adjacent to an activating group) is 1. The summed E-state index contributed by atoms with van der Waals surface area (Å²) in [5.41, 5.74) is 0.515. The summed E-state index contributed by atoms with van der Waals surface area (Å²) in [4.78, 5) is 13.9. The zero-order valence-corrected chi connectivity index (χ0v) is 13.4. The highest BCUT2D eigenvalue weighted by molar-refractivity contribution is 6.35. The van der Waals surface area contributed by atoms with Crippen molar-refractivity contribution in [3.05, 3.63) is 33.6 Å². The molecule has 0 heterocycles. The molecule has 0 fully saturated rings. The molecule has 0 aromatic heterocycles. The Morgan fingerprint density at radius 2 is 1.90 bits per heavy atom. The molecule has 0 aliphatic heterocycles. The lowest BCUT2D eigenvalue weighted by molar-refractivity contribution is -0.122. The second-order valence-corrected chi connectivity index (χ2v) is 5.35. The van der Waals surface area contributed by atoms with Gasteiger partial charge in [0, 0.05) is 5.02 Å². The minimum atomic E-state index is -0.545. The average Bonchev–Trinajstić information content (AvgIpc) is 2.39.